The Kier molecular flexibility index (Phi) is 7.62. The van der Waals surface area contributed by atoms with E-state index in [1.807, 2.05) is 38.1 Å². The molecule has 2 rings (SSSR count). The molecule has 0 fully saturated rings. The van der Waals surface area contributed by atoms with E-state index in [0.29, 0.717) is 24.2 Å². The molecule has 0 spiro atoms. The highest BCUT2D eigenvalue weighted by molar-refractivity contribution is 5.91. The number of carbonyl (C=O) groups excluding carboxylic acids is 2. The van der Waals surface area contributed by atoms with E-state index in [2.05, 4.69) is 0 Å². The summed E-state index contributed by atoms with van der Waals surface area (Å²) in [6.45, 7) is 5.55. The van der Waals surface area contributed by atoms with Gasteiger partial charge in [0, 0.05) is 6.42 Å². The van der Waals surface area contributed by atoms with Crippen LogP contribution in [0.3, 0.4) is 0 Å². The van der Waals surface area contributed by atoms with Crippen LogP contribution in [0.5, 0.6) is 5.75 Å². The predicted molar refractivity (Wildman–Crippen MR) is 88.2 cm³/mol. The normalized spacial score (nSPS) is 9.41. The molecule has 0 aromatic heterocycles. The first-order chi connectivity index (χ1) is 10.7. The summed E-state index contributed by atoms with van der Waals surface area (Å²) >= 11 is 0. The molecule has 0 aliphatic heterocycles. The van der Waals surface area contributed by atoms with E-state index in [1.54, 1.807) is 37.3 Å². The number of ether oxygens (including phenoxy) is 1. The summed E-state index contributed by atoms with van der Waals surface area (Å²) in [5, 5.41) is 0. The van der Waals surface area contributed by atoms with Crippen LogP contribution in [0.25, 0.3) is 0 Å². The molecule has 22 heavy (non-hydrogen) atoms. The van der Waals surface area contributed by atoms with Gasteiger partial charge in [-0.3, -0.25) is 0 Å². The van der Waals surface area contributed by atoms with Gasteiger partial charge in [0.15, 0.2) is 0 Å². The van der Waals surface area contributed by atoms with Crippen molar-refractivity contribution in [2.45, 2.75) is 33.6 Å². The van der Waals surface area contributed by atoms with Gasteiger partial charge in [-0.2, -0.15) is 0 Å². The van der Waals surface area contributed by atoms with E-state index in [4.69, 9.17) is 4.74 Å². The maximum absolute atomic E-state index is 12.0. The highest BCUT2D eigenvalue weighted by Crippen LogP contribution is 2.21. The van der Waals surface area contributed by atoms with Gasteiger partial charge in [-0.1, -0.05) is 50.2 Å². The molecule has 0 aliphatic carbocycles. The van der Waals surface area contributed by atoms with Crippen molar-refractivity contribution >= 4 is 11.8 Å². The minimum atomic E-state index is -0.388. The van der Waals surface area contributed by atoms with Crippen LogP contribution in [0, 0.1) is 0 Å². The number of hydrogen-bond donors (Lipinski definition) is 0. The minimum Gasteiger partial charge on any atom is -0.423 e. The molecule has 2 aromatic rings. The van der Waals surface area contributed by atoms with Crippen LogP contribution >= 0.6 is 0 Å². The van der Waals surface area contributed by atoms with Gasteiger partial charge < -0.3 is 9.53 Å². The Morgan fingerprint density at radius 2 is 1.50 bits per heavy atom. The standard InChI is InChI=1S/C17H16O3.C2H6/c1-13(18)11-12-14-7-5-6-10-16(14)20-17(19)15-8-3-2-4-9-15;1-2/h2-10H,11-12H2,1H3;1-2H3. The van der Waals surface area contributed by atoms with Crippen molar-refractivity contribution in [2.24, 2.45) is 0 Å². The molecule has 0 radical (unpaired) electrons. The van der Waals surface area contributed by atoms with Gasteiger partial charge in [0.1, 0.15) is 11.5 Å². The summed E-state index contributed by atoms with van der Waals surface area (Å²) in [5.74, 6) is 0.248. The molecule has 3 heteroatoms. The van der Waals surface area contributed by atoms with Crippen molar-refractivity contribution in [3.05, 3.63) is 65.7 Å². The topological polar surface area (TPSA) is 43.4 Å². The SMILES string of the molecule is CC.CC(=O)CCc1ccccc1OC(=O)c1ccccc1. The number of Topliss-reactive ketones (excluding diaryl/α,β-unsaturated/α-hetero) is 1. The summed E-state index contributed by atoms with van der Waals surface area (Å²) in [5.41, 5.74) is 1.38. The largest absolute Gasteiger partial charge is 0.423 e. The fourth-order valence-corrected chi connectivity index (χ4v) is 1.85. The number of benzene rings is 2. The molecule has 0 bridgehead atoms. The molecule has 2 aromatic carbocycles. The quantitative estimate of drug-likeness (QED) is 0.605. The Morgan fingerprint density at radius 1 is 0.909 bits per heavy atom. The van der Waals surface area contributed by atoms with E-state index in [-0.39, 0.29) is 11.8 Å². The molecule has 0 amide bonds. The van der Waals surface area contributed by atoms with E-state index >= 15 is 0 Å². The zero-order valence-electron chi connectivity index (χ0n) is 13.3. The molecular weight excluding hydrogens is 276 g/mol. The molecule has 0 unspecified atom stereocenters. The zero-order chi connectivity index (χ0) is 16.4. The summed E-state index contributed by atoms with van der Waals surface area (Å²) in [6.07, 6.45) is 1.02. The zero-order valence-corrected chi connectivity index (χ0v) is 13.3. The van der Waals surface area contributed by atoms with Crippen LogP contribution in [-0.4, -0.2) is 11.8 Å². The Hall–Kier alpha value is -2.42. The average molecular weight is 298 g/mol. The van der Waals surface area contributed by atoms with Gasteiger partial charge in [0.2, 0.25) is 0 Å². The molecule has 0 saturated heterocycles. The van der Waals surface area contributed by atoms with Gasteiger partial charge in [-0.25, -0.2) is 4.79 Å². The lowest BCUT2D eigenvalue weighted by Crippen LogP contribution is -2.10. The van der Waals surface area contributed by atoms with Crippen LogP contribution in [-0.2, 0) is 11.2 Å². The number of carbonyl (C=O) groups is 2. The van der Waals surface area contributed by atoms with Crippen LogP contribution in [0.15, 0.2) is 54.6 Å². The second kappa shape index (κ2) is 9.50. The van der Waals surface area contributed by atoms with Gasteiger partial charge in [-0.05, 0) is 37.1 Å². The second-order valence-corrected chi connectivity index (χ2v) is 4.57. The lowest BCUT2D eigenvalue weighted by molar-refractivity contribution is -0.116. The van der Waals surface area contributed by atoms with Crippen molar-refractivity contribution < 1.29 is 14.3 Å². The summed E-state index contributed by atoms with van der Waals surface area (Å²) < 4.78 is 5.41. The van der Waals surface area contributed by atoms with Gasteiger partial charge >= 0.3 is 5.97 Å². The fourth-order valence-electron chi connectivity index (χ4n) is 1.85. The molecule has 116 valence electrons. The van der Waals surface area contributed by atoms with Gasteiger partial charge in [0.25, 0.3) is 0 Å². The molecule has 0 atom stereocenters. The van der Waals surface area contributed by atoms with E-state index in [9.17, 15) is 9.59 Å². The van der Waals surface area contributed by atoms with Crippen molar-refractivity contribution in [3.8, 4) is 5.75 Å². The highest BCUT2D eigenvalue weighted by Gasteiger charge is 2.11. The molecule has 3 nitrogen and oxygen atoms in total. The number of esters is 1. The molecule has 0 N–H and O–H groups in total. The third kappa shape index (κ3) is 5.52. The third-order valence-electron chi connectivity index (χ3n) is 2.93. The van der Waals surface area contributed by atoms with Crippen LogP contribution in [0.1, 0.15) is 43.1 Å². The highest BCUT2D eigenvalue weighted by atomic mass is 16.5. The van der Waals surface area contributed by atoms with E-state index in [1.165, 1.54) is 0 Å². The van der Waals surface area contributed by atoms with Crippen LogP contribution in [0.4, 0.5) is 0 Å². The minimum absolute atomic E-state index is 0.120. The van der Waals surface area contributed by atoms with Crippen molar-refractivity contribution in [3.63, 3.8) is 0 Å². The summed E-state index contributed by atoms with van der Waals surface area (Å²) in [6, 6.07) is 16.1. The molecule has 0 aliphatic rings. The van der Waals surface area contributed by atoms with Crippen molar-refractivity contribution in [1.29, 1.82) is 0 Å². The first kappa shape index (κ1) is 17.6. The first-order valence-electron chi connectivity index (χ1n) is 7.51. The van der Waals surface area contributed by atoms with E-state index < -0.39 is 0 Å². The predicted octanol–water partition coefficient (Wildman–Crippen LogP) is 4.45. The lowest BCUT2D eigenvalue weighted by atomic mass is 10.1. The Labute approximate surface area is 131 Å². The summed E-state index contributed by atoms with van der Waals surface area (Å²) in [7, 11) is 0. The molecule has 0 heterocycles. The Balaban J connectivity index is 0.00000116. The maximum atomic E-state index is 12.0. The fraction of sp³-hybridized carbons (Fsp3) is 0.263. The van der Waals surface area contributed by atoms with Crippen molar-refractivity contribution in [2.75, 3.05) is 0 Å². The third-order valence-corrected chi connectivity index (χ3v) is 2.93. The first-order valence-corrected chi connectivity index (χ1v) is 7.51. The molecule has 0 saturated carbocycles. The molecular formula is C19H22O3. The second-order valence-electron chi connectivity index (χ2n) is 4.57. The van der Waals surface area contributed by atoms with Gasteiger partial charge in [-0.15, -0.1) is 0 Å². The summed E-state index contributed by atoms with van der Waals surface area (Å²) in [4.78, 5) is 23.1. The van der Waals surface area contributed by atoms with E-state index in [0.717, 1.165) is 5.56 Å². The average Bonchev–Trinajstić information content (AvgIpc) is 2.56. The monoisotopic (exact) mass is 298 g/mol. The smallest absolute Gasteiger partial charge is 0.343 e. The number of ketones is 1. The maximum Gasteiger partial charge on any atom is 0.343 e. The van der Waals surface area contributed by atoms with Gasteiger partial charge in [0.05, 0.1) is 5.56 Å². The number of hydrogen-bond acceptors (Lipinski definition) is 3. The van der Waals surface area contributed by atoms with Crippen LogP contribution < -0.4 is 4.74 Å². The Morgan fingerprint density at radius 3 is 2.14 bits per heavy atom. The Bertz CT molecular complexity index is 603. The van der Waals surface area contributed by atoms with Crippen LogP contribution in [0.2, 0.25) is 0 Å². The number of rotatable bonds is 5. The number of aryl methyl sites for hydroxylation is 1. The lowest BCUT2D eigenvalue weighted by Gasteiger charge is -2.09. The van der Waals surface area contributed by atoms with Crippen molar-refractivity contribution in [1.82, 2.24) is 0 Å². The number of para-hydroxylation sites is 1.